The average Bonchev–Trinajstić information content (AvgIpc) is 3.00. The number of nitrogens with zero attached hydrogens (tertiary/aromatic N) is 4. The number of fused-ring (bicyclic) bond motifs is 5. The number of carbonyl (C=O) groups excluding carboxylic acids is 1. The van der Waals surface area contributed by atoms with E-state index in [0.717, 1.165) is 37.5 Å². The normalized spacial score (nSPS) is 26.7. The number of oxime groups is 1. The molecule has 0 radical (unpaired) electrons. The molecule has 1 aromatic carbocycles. The number of piperidine rings is 2. The number of aromatic nitrogens is 2. The summed E-state index contributed by atoms with van der Waals surface area (Å²) in [7, 11) is 0. The number of nitrogens with one attached hydrogen (secondary N) is 1. The van der Waals surface area contributed by atoms with Gasteiger partial charge in [0.2, 0.25) is 5.71 Å². The molecule has 2 aliphatic carbocycles. The predicted molar refractivity (Wildman–Crippen MR) is 166 cm³/mol. The smallest absolute Gasteiger partial charge is 0.360 e. The lowest BCUT2D eigenvalue weighted by Gasteiger charge is -2.41. The summed E-state index contributed by atoms with van der Waals surface area (Å²) in [4.78, 5) is 48.9. The van der Waals surface area contributed by atoms with Crippen LogP contribution >= 0.6 is 0 Å². The molecule has 2 saturated heterocycles. The van der Waals surface area contributed by atoms with E-state index in [1.165, 1.54) is 19.3 Å². The van der Waals surface area contributed by atoms with Crippen molar-refractivity contribution in [1.29, 1.82) is 0 Å². The molecule has 2 saturated carbocycles. The van der Waals surface area contributed by atoms with Gasteiger partial charge < -0.3 is 24.7 Å². The molecule has 234 valence electrons. The molecule has 2 N–H and O–H groups in total. The van der Waals surface area contributed by atoms with Gasteiger partial charge in [-0.2, -0.15) is 0 Å². The van der Waals surface area contributed by atoms with E-state index < -0.39 is 23.8 Å². The topological polar surface area (TPSA) is 126 Å². The molecule has 4 fully saturated rings. The van der Waals surface area contributed by atoms with Crippen LogP contribution in [-0.2, 0) is 14.4 Å². The van der Waals surface area contributed by atoms with Crippen molar-refractivity contribution in [1.82, 2.24) is 19.8 Å². The number of aliphatic carboxylic acids is 1. The van der Waals surface area contributed by atoms with Crippen molar-refractivity contribution in [2.45, 2.75) is 109 Å². The first-order valence-corrected chi connectivity index (χ1v) is 16.4. The zero-order chi connectivity index (χ0) is 30.3. The van der Waals surface area contributed by atoms with Crippen LogP contribution in [0.2, 0.25) is 0 Å². The van der Waals surface area contributed by atoms with Gasteiger partial charge in [-0.1, -0.05) is 62.2 Å². The van der Waals surface area contributed by atoms with E-state index in [9.17, 15) is 19.5 Å². The molecule has 6 rings (SSSR count). The maximum atomic E-state index is 13.7. The van der Waals surface area contributed by atoms with Gasteiger partial charge in [-0.3, -0.25) is 9.59 Å². The van der Waals surface area contributed by atoms with E-state index in [4.69, 9.17) is 4.84 Å². The van der Waals surface area contributed by atoms with Crippen molar-refractivity contribution in [3.05, 3.63) is 40.3 Å². The highest BCUT2D eigenvalue weighted by atomic mass is 16.6. The van der Waals surface area contributed by atoms with Crippen molar-refractivity contribution in [3.8, 4) is 0 Å². The summed E-state index contributed by atoms with van der Waals surface area (Å²) in [6, 6.07) is 7.82. The first-order valence-electron chi connectivity index (χ1n) is 16.4. The minimum atomic E-state index is -1.44. The number of likely N-dealkylation sites (N-methyl/N-ethyl adjacent to an activating group) is 1. The van der Waals surface area contributed by atoms with Crippen LogP contribution in [0.1, 0.15) is 103 Å². The highest BCUT2D eigenvalue weighted by Gasteiger charge is 2.34. The Morgan fingerprint density at radius 3 is 2.16 bits per heavy atom. The van der Waals surface area contributed by atoms with Crippen LogP contribution < -0.4 is 10.9 Å². The molecule has 1 amide bonds. The van der Waals surface area contributed by atoms with Crippen LogP contribution in [0.4, 0.5) is 0 Å². The quantitative estimate of drug-likeness (QED) is 0.330. The number of benzene rings is 1. The molecular formula is C33H47N5O5. The summed E-state index contributed by atoms with van der Waals surface area (Å²) in [5, 5.41) is 17.1. The molecule has 4 bridgehead atoms. The van der Waals surface area contributed by atoms with E-state index in [2.05, 4.69) is 15.5 Å². The van der Waals surface area contributed by atoms with Gasteiger partial charge in [0.05, 0.1) is 11.0 Å². The molecule has 2 aromatic rings. The summed E-state index contributed by atoms with van der Waals surface area (Å²) in [5.74, 6) is 0.544. The molecular weight excluding hydrogens is 546 g/mol. The monoisotopic (exact) mass is 593 g/mol. The third kappa shape index (κ3) is 7.45. The Bertz CT molecular complexity index is 1340. The Hall–Kier alpha value is -3.27. The fourth-order valence-electron chi connectivity index (χ4n) is 7.74. The van der Waals surface area contributed by atoms with Gasteiger partial charge in [0.25, 0.3) is 11.5 Å². The van der Waals surface area contributed by atoms with E-state index >= 15 is 0 Å². The number of hydrogen-bond acceptors (Lipinski definition) is 7. The van der Waals surface area contributed by atoms with Crippen LogP contribution in [0.15, 0.2) is 34.2 Å². The number of carboxylic acids is 1. The lowest BCUT2D eigenvalue weighted by molar-refractivity contribution is -0.136. The molecule has 4 aliphatic rings. The Morgan fingerprint density at radius 1 is 0.977 bits per heavy atom. The second-order valence-corrected chi connectivity index (χ2v) is 12.7. The third-order valence-corrected chi connectivity index (χ3v) is 9.85. The maximum Gasteiger partial charge on any atom is 0.360 e. The number of rotatable bonds is 8. The molecule has 2 atom stereocenters. The standard InChI is InChI=1S/C24H31N5O5.C9H16/c1-3-28(4-2)20(30)14-34-27-22(24(32)33)21-23(31)29(19-11-6-5-10-18(19)26-21)17-12-15-8-7-9-16(13-17)25-15;1-3-8-5-2-6-9(4-1)7-8/h5-6,10-11,15-17,25H,3-4,7-9,12-14H2,1-2H3,(H,32,33);8-9H,1-7H2/b27-22-;. The van der Waals surface area contributed by atoms with Gasteiger partial charge in [-0.05, 0) is 69.9 Å². The van der Waals surface area contributed by atoms with Gasteiger partial charge in [0.1, 0.15) is 0 Å². The second-order valence-electron chi connectivity index (χ2n) is 12.7. The molecule has 1 aromatic heterocycles. The van der Waals surface area contributed by atoms with Crippen LogP contribution in [0.5, 0.6) is 0 Å². The first kappa shape index (κ1) is 31.2. The minimum absolute atomic E-state index is 0.0732. The molecule has 2 aliphatic heterocycles. The van der Waals surface area contributed by atoms with Crippen molar-refractivity contribution in [3.63, 3.8) is 0 Å². The summed E-state index contributed by atoms with van der Waals surface area (Å²) < 4.78 is 1.68. The summed E-state index contributed by atoms with van der Waals surface area (Å²) in [6.45, 7) is 4.26. The van der Waals surface area contributed by atoms with Crippen LogP contribution in [0, 0.1) is 11.8 Å². The van der Waals surface area contributed by atoms with Gasteiger partial charge in [-0.25, -0.2) is 9.78 Å². The number of carboxylic acid groups (broad SMARTS) is 1. The average molecular weight is 594 g/mol. The maximum absolute atomic E-state index is 13.7. The van der Waals surface area contributed by atoms with E-state index in [0.29, 0.717) is 36.2 Å². The number of para-hydroxylation sites is 2. The third-order valence-electron chi connectivity index (χ3n) is 9.85. The molecule has 43 heavy (non-hydrogen) atoms. The fourth-order valence-corrected chi connectivity index (χ4v) is 7.74. The summed E-state index contributed by atoms with van der Waals surface area (Å²) in [6.07, 6.45) is 15.7. The van der Waals surface area contributed by atoms with E-state index in [-0.39, 0.29) is 17.6 Å². The highest BCUT2D eigenvalue weighted by Crippen LogP contribution is 2.39. The molecule has 10 nitrogen and oxygen atoms in total. The van der Waals surface area contributed by atoms with E-state index in [1.54, 1.807) is 53.7 Å². The largest absolute Gasteiger partial charge is 0.476 e. The van der Waals surface area contributed by atoms with Crippen LogP contribution in [0.3, 0.4) is 0 Å². The van der Waals surface area contributed by atoms with Crippen molar-refractivity contribution >= 4 is 28.6 Å². The summed E-state index contributed by atoms with van der Waals surface area (Å²) >= 11 is 0. The SMILES string of the molecule is C1CC2CCCC(C1)C2.CCN(CC)C(=O)CO/N=C(\C(=O)O)c1nc2ccccc2n(C2CC3CCCC(C2)N3)c1=O. The van der Waals surface area contributed by atoms with Crippen molar-refractivity contribution < 1.29 is 19.5 Å². The van der Waals surface area contributed by atoms with Crippen LogP contribution in [-0.4, -0.2) is 68.9 Å². The predicted octanol–water partition coefficient (Wildman–Crippen LogP) is 4.89. The van der Waals surface area contributed by atoms with Gasteiger partial charge in [0, 0.05) is 31.2 Å². The van der Waals surface area contributed by atoms with Crippen molar-refractivity contribution in [2.75, 3.05) is 19.7 Å². The van der Waals surface area contributed by atoms with Crippen molar-refractivity contribution in [2.24, 2.45) is 17.0 Å². The van der Waals surface area contributed by atoms with Crippen LogP contribution in [0.25, 0.3) is 11.0 Å². The zero-order valence-corrected chi connectivity index (χ0v) is 25.7. The van der Waals surface area contributed by atoms with Gasteiger partial charge in [-0.15, -0.1) is 0 Å². The fraction of sp³-hybridized carbons (Fsp3) is 0.667. The molecule has 10 heteroatoms. The zero-order valence-electron chi connectivity index (χ0n) is 25.7. The second kappa shape index (κ2) is 14.5. The minimum Gasteiger partial charge on any atom is -0.476 e. The molecule has 0 spiro atoms. The first-order chi connectivity index (χ1) is 20.9. The number of carbonyl (C=O) groups is 2. The lowest BCUT2D eigenvalue weighted by atomic mass is 9.72. The number of hydrogen-bond donors (Lipinski definition) is 2. The molecule has 2 unspecified atom stereocenters. The van der Waals surface area contributed by atoms with Gasteiger partial charge >= 0.3 is 5.97 Å². The van der Waals surface area contributed by atoms with Gasteiger partial charge in [0.15, 0.2) is 12.3 Å². The lowest BCUT2D eigenvalue weighted by Crippen LogP contribution is -2.50. The Balaban J connectivity index is 0.000000345. The van der Waals surface area contributed by atoms with E-state index in [1.807, 2.05) is 26.0 Å². The summed E-state index contributed by atoms with van der Waals surface area (Å²) in [5.41, 5.74) is -0.225. The Kier molecular flexibility index (Phi) is 10.5. The molecule has 3 heterocycles. The number of amides is 1. The Labute approximate surface area is 253 Å². The highest BCUT2D eigenvalue weighted by molar-refractivity contribution is 6.41. The Morgan fingerprint density at radius 2 is 1.58 bits per heavy atom.